The summed E-state index contributed by atoms with van der Waals surface area (Å²) in [5.41, 5.74) is 0.661. The molecule has 2 N–H and O–H groups in total. The highest BCUT2D eigenvalue weighted by Crippen LogP contribution is 2.28. The first-order valence-corrected chi connectivity index (χ1v) is 9.64. The molecule has 0 radical (unpaired) electrons. The predicted octanol–water partition coefficient (Wildman–Crippen LogP) is 4.39. The maximum atomic E-state index is 12.2. The van der Waals surface area contributed by atoms with Gasteiger partial charge in [0.05, 0.1) is 0 Å². The van der Waals surface area contributed by atoms with Gasteiger partial charge in [-0.25, -0.2) is 9.78 Å². The zero-order valence-corrected chi connectivity index (χ0v) is 17.1. The summed E-state index contributed by atoms with van der Waals surface area (Å²) < 4.78 is 5.75. The van der Waals surface area contributed by atoms with Gasteiger partial charge in [-0.15, -0.1) is 10.2 Å². The zero-order valence-electron chi connectivity index (χ0n) is 15.6. The van der Waals surface area contributed by atoms with Gasteiger partial charge in [-0.05, 0) is 17.7 Å². The number of ether oxygens (including phenoxy) is 1. The van der Waals surface area contributed by atoms with E-state index < -0.39 is 0 Å². The Morgan fingerprint density at radius 1 is 1.21 bits per heavy atom. The Hall–Kier alpha value is -2.78. The van der Waals surface area contributed by atoms with E-state index in [0.717, 1.165) is 10.6 Å². The van der Waals surface area contributed by atoms with E-state index in [1.807, 2.05) is 39.0 Å². The first-order chi connectivity index (χ1) is 13.3. The van der Waals surface area contributed by atoms with Crippen molar-refractivity contribution in [1.82, 2.24) is 25.5 Å². The van der Waals surface area contributed by atoms with Gasteiger partial charge < -0.3 is 10.1 Å². The quantitative estimate of drug-likeness (QED) is 0.595. The highest BCUT2D eigenvalue weighted by atomic mass is 35.5. The zero-order chi connectivity index (χ0) is 20.1. The third-order valence-corrected chi connectivity index (χ3v) is 4.96. The average Bonchev–Trinajstić information content (AvgIpc) is 3.10. The molecule has 0 aliphatic rings. The molecule has 3 rings (SSSR count). The molecule has 3 aromatic rings. The first kappa shape index (κ1) is 20.0. The molecule has 2 aromatic heterocycles. The van der Waals surface area contributed by atoms with Crippen LogP contribution in [0.15, 0.2) is 36.5 Å². The Kier molecular flexibility index (Phi) is 6.05. The summed E-state index contributed by atoms with van der Waals surface area (Å²) >= 11 is 7.13. The number of halogens is 1. The molecule has 0 aliphatic carbocycles. The van der Waals surface area contributed by atoms with Crippen LogP contribution in [0.2, 0.25) is 5.28 Å². The number of hydrogen-bond acceptors (Lipinski definition) is 7. The van der Waals surface area contributed by atoms with Gasteiger partial charge in [-0.1, -0.05) is 50.3 Å². The molecule has 0 saturated heterocycles. The number of carbonyl (C=O) groups is 1. The highest BCUT2D eigenvalue weighted by Gasteiger charge is 2.20. The van der Waals surface area contributed by atoms with Crippen LogP contribution in [0.25, 0.3) is 0 Å². The van der Waals surface area contributed by atoms with Crippen LogP contribution < -0.4 is 15.4 Å². The number of rotatable bonds is 5. The minimum Gasteiger partial charge on any atom is -0.439 e. The minimum absolute atomic E-state index is 0.0965. The van der Waals surface area contributed by atoms with Crippen LogP contribution in [-0.4, -0.2) is 26.2 Å². The summed E-state index contributed by atoms with van der Waals surface area (Å²) in [6.45, 7) is 6.38. The standard InChI is InChI=1S/C18H19ClN6O2S/c1-18(2,3)14-24-25-17(28-14)23-16(26)21-10-11-6-4-5-7-12(11)27-13-8-9-20-15(19)22-13/h4-9H,10H2,1-3H3,(H2,21,23,25,26). The normalized spacial score (nSPS) is 11.1. The third-order valence-electron chi connectivity index (χ3n) is 3.51. The van der Waals surface area contributed by atoms with E-state index >= 15 is 0 Å². The molecule has 1 aromatic carbocycles. The Morgan fingerprint density at radius 2 is 2.00 bits per heavy atom. The number of nitrogens with zero attached hydrogens (tertiary/aromatic N) is 4. The van der Waals surface area contributed by atoms with Gasteiger partial charge in [0.1, 0.15) is 10.8 Å². The van der Waals surface area contributed by atoms with Crippen LogP contribution in [0.5, 0.6) is 11.6 Å². The fourth-order valence-corrected chi connectivity index (χ4v) is 3.07. The van der Waals surface area contributed by atoms with E-state index in [1.54, 1.807) is 12.1 Å². The Morgan fingerprint density at radius 3 is 2.71 bits per heavy atom. The lowest BCUT2D eigenvalue weighted by molar-refractivity contribution is 0.251. The van der Waals surface area contributed by atoms with Crippen molar-refractivity contribution in [3.05, 3.63) is 52.4 Å². The number of para-hydroxylation sites is 1. The molecular weight excluding hydrogens is 400 g/mol. The van der Waals surface area contributed by atoms with Gasteiger partial charge in [0.15, 0.2) is 0 Å². The molecule has 0 saturated carbocycles. The van der Waals surface area contributed by atoms with E-state index in [4.69, 9.17) is 16.3 Å². The second-order valence-corrected chi connectivity index (χ2v) is 8.16. The molecule has 8 nitrogen and oxygen atoms in total. The predicted molar refractivity (Wildman–Crippen MR) is 108 cm³/mol. The van der Waals surface area contributed by atoms with Crippen molar-refractivity contribution in [3.8, 4) is 11.6 Å². The lowest BCUT2D eigenvalue weighted by atomic mass is 9.98. The lowest BCUT2D eigenvalue weighted by Gasteiger charge is -2.12. The van der Waals surface area contributed by atoms with Crippen LogP contribution in [-0.2, 0) is 12.0 Å². The van der Waals surface area contributed by atoms with Crippen molar-refractivity contribution >= 4 is 34.1 Å². The maximum absolute atomic E-state index is 12.2. The highest BCUT2D eigenvalue weighted by molar-refractivity contribution is 7.15. The molecule has 2 amide bonds. The van der Waals surface area contributed by atoms with Gasteiger partial charge in [0.2, 0.25) is 16.3 Å². The number of carbonyl (C=O) groups excluding carboxylic acids is 1. The van der Waals surface area contributed by atoms with Crippen LogP contribution in [0, 0.1) is 0 Å². The molecule has 146 valence electrons. The molecule has 10 heteroatoms. The number of benzene rings is 1. The summed E-state index contributed by atoms with van der Waals surface area (Å²) in [4.78, 5) is 20.0. The maximum Gasteiger partial charge on any atom is 0.321 e. The summed E-state index contributed by atoms with van der Waals surface area (Å²) in [6.07, 6.45) is 1.51. The molecule has 0 aliphatic heterocycles. The van der Waals surface area contributed by atoms with Gasteiger partial charge in [-0.2, -0.15) is 4.98 Å². The molecule has 2 heterocycles. The first-order valence-electron chi connectivity index (χ1n) is 8.44. The van der Waals surface area contributed by atoms with Crippen molar-refractivity contribution in [2.45, 2.75) is 32.7 Å². The second kappa shape index (κ2) is 8.49. The summed E-state index contributed by atoms with van der Waals surface area (Å²) in [5, 5.41) is 15.0. The van der Waals surface area contributed by atoms with E-state index in [1.165, 1.54) is 17.5 Å². The molecular formula is C18H19ClN6O2S. The number of nitrogens with one attached hydrogen (secondary N) is 2. The molecule has 0 atom stereocenters. The van der Waals surface area contributed by atoms with Gasteiger partial charge >= 0.3 is 6.03 Å². The molecule has 0 unspecified atom stereocenters. The van der Waals surface area contributed by atoms with Crippen LogP contribution in [0.4, 0.5) is 9.93 Å². The molecule has 0 bridgehead atoms. The summed E-state index contributed by atoms with van der Waals surface area (Å²) in [6, 6.07) is 8.54. The summed E-state index contributed by atoms with van der Waals surface area (Å²) in [7, 11) is 0. The second-order valence-electron chi connectivity index (χ2n) is 6.84. The molecule has 0 fully saturated rings. The van der Waals surface area contributed by atoms with Gasteiger partial charge in [0.25, 0.3) is 0 Å². The van der Waals surface area contributed by atoms with Gasteiger partial charge in [0, 0.05) is 29.8 Å². The summed E-state index contributed by atoms with van der Waals surface area (Å²) in [5.74, 6) is 0.879. The van der Waals surface area contributed by atoms with Crippen molar-refractivity contribution < 1.29 is 9.53 Å². The monoisotopic (exact) mass is 418 g/mol. The Balaban J connectivity index is 1.61. The van der Waals surface area contributed by atoms with E-state index in [-0.39, 0.29) is 23.3 Å². The number of amides is 2. The number of urea groups is 1. The van der Waals surface area contributed by atoms with Crippen LogP contribution in [0.1, 0.15) is 31.3 Å². The van der Waals surface area contributed by atoms with Crippen molar-refractivity contribution in [1.29, 1.82) is 0 Å². The average molecular weight is 419 g/mol. The smallest absolute Gasteiger partial charge is 0.321 e. The SMILES string of the molecule is CC(C)(C)c1nnc(NC(=O)NCc2ccccc2Oc2ccnc(Cl)n2)s1. The van der Waals surface area contributed by atoms with E-state index in [0.29, 0.717) is 16.8 Å². The van der Waals surface area contributed by atoms with Crippen LogP contribution >= 0.6 is 22.9 Å². The third kappa shape index (κ3) is 5.37. The molecule has 28 heavy (non-hydrogen) atoms. The number of hydrogen-bond donors (Lipinski definition) is 2. The van der Waals surface area contributed by atoms with E-state index in [2.05, 4.69) is 30.8 Å². The minimum atomic E-state index is -0.378. The lowest BCUT2D eigenvalue weighted by Crippen LogP contribution is -2.28. The van der Waals surface area contributed by atoms with Crippen LogP contribution in [0.3, 0.4) is 0 Å². The Bertz CT molecular complexity index is 972. The fraction of sp³-hybridized carbons (Fsp3) is 0.278. The number of anilines is 1. The van der Waals surface area contributed by atoms with Crippen molar-refractivity contribution in [3.63, 3.8) is 0 Å². The van der Waals surface area contributed by atoms with Crippen molar-refractivity contribution in [2.75, 3.05) is 5.32 Å². The fourth-order valence-electron chi connectivity index (χ4n) is 2.13. The largest absolute Gasteiger partial charge is 0.439 e. The van der Waals surface area contributed by atoms with Crippen molar-refractivity contribution in [2.24, 2.45) is 0 Å². The van der Waals surface area contributed by atoms with Gasteiger partial charge in [-0.3, -0.25) is 5.32 Å². The Labute approximate surface area is 171 Å². The molecule has 0 spiro atoms. The number of aromatic nitrogens is 4. The topological polar surface area (TPSA) is 102 Å². The van der Waals surface area contributed by atoms with E-state index in [9.17, 15) is 4.79 Å².